The van der Waals surface area contributed by atoms with Crippen LogP contribution in [-0.2, 0) is 40.4 Å². The number of hydrogen-bond donors (Lipinski definition) is 2. The molecule has 0 spiro atoms. The van der Waals surface area contributed by atoms with Gasteiger partial charge in [0.05, 0.1) is 30.7 Å². The van der Waals surface area contributed by atoms with Crippen molar-refractivity contribution in [2.75, 3.05) is 13.2 Å². The van der Waals surface area contributed by atoms with Crippen LogP contribution in [0.1, 0.15) is 115 Å². The molecule has 2 aromatic rings. The van der Waals surface area contributed by atoms with Crippen LogP contribution in [0, 0.1) is 17.8 Å². The number of pyridine rings is 1. The Morgan fingerprint density at radius 3 is 2.40 bits per heavy atom. The molecule has 13 heteroatoms. The van der Waals surface area contributed by atoms with E-state index in [2.05, 4.69) is 39.8 Å². The maximum Gasteiger partial charge on any atom is 0.306 e. The van der Waals surface area contributed by atoms with Gasteiger partial charge in [0, 0.05) is 23.9 Å². The third kappa shape index (κ3) is 9.18. The molecule has 4 fully saturated rings. The topological polar surface area (TPSA) is 161 Å². The van der Waals surface area contributed by atoms with Crippen molar-refractivity contribution >= 4 is 44.5 Å². The third-order valence-corrected chi connectivity index (χ3v) is 14.3. The Kier molecular flexibility index (Phi) is 12.1. The summed E-state index contributed by atoms with van der Waals surface area (Å²) in [7, 11) is -3.87. The van der Waals surface area contributed by atoms with Gasteiger partial charge in [0.15, 0.2) is 0 Å². The van der Waals surface area contributed by atoms with E-state index in [-0.39, 0.29) is 37.6 Å². The van der Waals surface area contributed by atoms with Crippen molar-refractivity contribution in [1.82, 2.24) is 19.9 Å². The molecule has 5 atom stereocenters. The number of nitrogens with zero attached hydrogens (tertiary/aromatic N) is 2. The summed E-state index contributed by atoms with van der Waals surface area (Å²) >= 11 is 0. The van der Waals surface area contributed by atoms with Crippen molar-refractivity contribution in [2.45, 2.75) is 139 Å². The number of cyclic esters (lactones) is 1. The molecule has 4 bridgehead atoms. The number of hydrogen-bond acceptors (Lipinski definition) is 9. The summed E-state index contributed by atoms with van der Waals surface area (Å²) in [5.41, 5.74) is -0.311. The molecule has 3 amide bonds. The zero-order chi connectivity index (χ0) is 38.6. The summed E-state index contributed by atoms with van der Waals surface area (Å²) in [4.78, 5) is 62.3. The number of fused-ring (bicyclic) bond motifs is 3. The van der Waals surface area contributed by atoms with E-state index in [1.54, 1.807) is 12.3 Å². The molecule has 0 unspecified atom stereocenters. The van der Waals surface area contributed by atoms with Crippen LogP contribution < -0.4 is 14.8 Å². The Balaban J connectivity index is 1.19. The van der Waals surface area contributed by atoms with Crippen LogP contribution >= 0.6 is 0 Å². The molecule has 12 nitrogen and oxygen atoms in total. The largest absolute Gasteiger partial charge is 0.472 e. The molecule has 7 rings (SSSR count). The van der Waals surface area contributed by atoms with Gasteiger partial charge in [-0.15, -0.1) is 6.58 Å². The summed E-state index contributed by atoms with van der Waals surface area (Å²) in [6.07, 6.45) is 16.6. The maximum atomic E-state index is 14.8. The molecule has 1 saturated heterocycles. The number of aromatic nitrogens is 1. The quantitative estimate of drug-likeness (QED) is 0.267. The van der Waals surface area contributed by atoms with Crippen LogP contribution in [0.2, 0.25) is 0 Å². The lowest BCUT2D eigenvalue weighted by Gasteiger charge is -2.34. The first-order valence-corrected chi connectivity index (χ1v) is 22.1. The molecular formula is C42H56N4O8S. The predicted octanol–water partition coefficient (Wildman–Crippen LogP) is 5.67. The fourth-order valence-corrected chi connectivity index (χ4v) is 10.3. The van der Waals surface area contributed by atoms with Crippen LogP contribution in [0.3, 0.4) is 0 Å². The van der Waals surface area contributed by atoms with Gasteiger partial charge in [-0.1, -0.05) is 69.6 Å². The molecule has 3 aliphatic carbocycles. The van der Waals surface area contributed by atoms with E-state index in [9.17, 15) is 27.6 Å². The monoisotopic (exact) mass is 776 g/mol. The van der Waals surface area contributed by atoms with E-state index in [1.165, 1.54) is 10.5 Å². The average molecular weight is 777 g/mol. The number of rotatable bonds is 7. The molecular weight excluding hydrogens is 721 g/mol. The van der Waals surface area contributed by atoms with Crippen molar-refractivity contribution in [2.24, 2.45) is 17.8 Å². The Hall–Kier alpha value is -4.00. The van der Waals surface area contributed by atoms with Gasteiger partial charge < -0.3 is 19.7 Å². The lowest BCUT2D eigenvalue weighted by Crippen LogP contribution is -2.57. The number of sulfonamides is 1. The molecule has 0 radical (unpaired) electrons. The number of carbonyl (C=O) groups is 4. The fourth-order valence-electron chi connectivity index (χ4n) is 8.93. The second-order valence-electron chi connectivity index (χ2n) is 16.5. The summed E-state index contributed by atoms with van der Waals surface area (Å²) in [6, 6.07) is 7.24. The maximum absolute atomic E-state index is 14.8. The van der Waals surface area contributed by atoms with Crippen LogP contribution in [-0.4, -0.2) is 78.1 Å². The van der Waals surface area contributed by atoms with Crippen LogP contribution in [0.15, 0.2) is 43.1 Å². The van der Waals surface area contributed by atoms with Crippen molar-refractivity contribution < 1.29 is 37.1 Å². The molecule has 2 N–H and O–H groups in total. The van der Waals surface area contributed by atoms with E-state index in [4.69, 9.17) is 9.47 Å². The van der Waals surface area contributed by atoms with Gasteiger partial charge in [-0.25, -0.2) is 13.4 Å². The Labute approximate surface area is 324 Å². The highest BCUT2D eigenvalue weighted by Gasteiger charge is 2.62. The second-order valence-corrected chi connectivity index (χ2v) is 18.5. The minimum Gasteiger partial charge on any atom is -0.472 e. The smallest absolute Gasteiger partial charge is 0.306 e. The summed E-state index contributed by atoms with van der Waals surface area (Å²) in [5.74, 6) is -2.87. The van der Waals surface area contributed by atoms with Crippen molar-refractivity contribution in [1.29, 1.82) is 0 Å². The van der Waals surface area contributed by atoms with Crippen molar-refractivity contribution in [3.05, 3.63) is 48.7 Å². The fraction of sp³-hybridized carbons (Fsp3) is 0.643. The number of amides is 3. The molecule has 3 heterocycles. The predicted molar refractivity (Wildman–Crippen MR) is 207 cm³/mol. The number of nitrogens with one attached hydrogen (secondary N) is 2. The third-order valence-electron chi connectivity index (χ3n) is 12.5. The zero-order valence-electron chi connectivity index (χ0n) is 31.8. The minimum absolute atomic E-state index is 0.0421. The number of esters is 1. The van der Waals surface area contributed by atoms with E-state index in [0.717, 1.165) is 94.2 Å². The summed E-state index contributed by atoms with van der Waals surface area (Å²) in [6.45, 7) is 4.21. The van der Waals surface area contributed by atoms with Gasteiger partial charge in [-0.3, -0.25) is 23.9 Å². The minimum atomic E-state index is -3.87. The van der Waals surface area contributed by atoms with E-state index in [0.29, 0.717) is 25.3 Å². The Morgan fingerprint density at radius 2 is 1.67 bits per heavy atom. The van der Waals surface area contributed by atoms with Crippen molar-refractivity contribution in [3.63, 3.8) is 0 Å². The average Bonchev–Trinajstić information content (AvgIpc) is 4.11. The van der Waals surface area contributed by atoms with E-state index >= 15 is 0 Å². The number of benzene rings is 1. The first kappa shape index (κ1) is 39.2. The van der Waals surface area contributed by atoms with Gasteiger partial charge >= 0.3 is 5.97 Å². The molecule has 5 aliphatic rings. The van der Waals surface area contributed by atoms with E-state index in [1.807, 2.05) is 6.07 Å². The SMILES string of the molecule is C=C[C@H]1C[C@]1(NC(=O)[C@@H]1C[C@@H]2CN1C(=O)[C@H](C1CCCCC1)CC(=O)OCCCCCCCCCc1ccc3ccnc(c3c1)O2)C(=O)NS(=O)(=O)C1CC1. The highest BCUT2D eigenvalue weighted by atomic mass is 32.2. The Morgan fingerprint density at radius 1 is 0.945 bits per heavy atom. The first-order valence-electron chi connectivity index (χ1n) is 20.6. The van der Waals surface area contributed by atoms with Crippen molar-refractivity contribution in [3.8, 4) is 5.88 Å². The van der Waals surface area contributed by atoms with Gasteiger partial charge in [0.25, 0.3) is 5.91 Å². The molecule has 55 heavy (non-hydrogen) atoms. The normalized spacial score (nSPS) is 29.0. The molecule has 1 aromatic heterocycles. The molecule has 1 aromatic carbocycles. The highest BCUT2D eigenvalue weighted by molar-refractivity contribution is 7.91. The van der Waals surface area contributed by atoms with Crippen LogP contribution in [0.25, 0.3) is 10.8 Å². The lowest BCUT2D eigenvalue weighted by molar-refractivity contribution is -0.152. The summed E-state index contributed by atoms with van der Waals surface area (Å²) in [5, 5.41) is 4.09. The van der Waals surface area contributed by atoms with Crippen LogP contribution in [0.4, 0.5) is 0 Å². The molecule has 2 aliphatic heterocycles. The lowest BCUT2D eigenvalue weighted by atomic mass is 9.77. The molecule has 298 valence electrons. The highest BCUT2D eigenvalue weighted by Crippen LogP contribution is 2.46. The van der Waals surface area contributed by atoms with Gasteiger partial charge in [0.1, 0.15) is 17.7 Å². The Bertz CT molecular complexity index is 1880. The van der Waals surface area contributed by atoms with Gasteiger partial charge in [0.2, 0.25) is 27.7 Å². The first-order chi connectivity index (χ1) is 26.6. The standard InChI is InChI=1S/C42H56N4O8S/c1-2-31-26-42(31,41(50)45-55(51,52)33-18-19-33)44-38(48)36-24-32-27-46(36)40(49)35(29-14-10-8-11-15-29)25-37(47)53-22-12-7-5-3-4-6-9-13-28-16-17-30-20-21-43-39(54-32)34(30)23-28/h2,16-17,20-21,23,29,31-33,35-36H,1,3-15,18-19,22,24-27H2,(H,44,48)(H,45,50)/t31-,32+,35-,36-,42+/m0/s1. The van der Waals surface area contributed by atoms with Gasteiger partial charge in [-0.2, -0.15) is 0 Å². The number of ether oxygens (including phenoxy) is 2. The van der Waals surface area contributed by atoms with Gasteiger partial charge in [-0.05, 0) is 80.4 Å². The summed E-state index contributed by atoms with van der Waals surface area (Å²) < 4.78 is 40.0. The zero-order valence-corrected chi connectivity index (χ0v) is 32.7. The van der Waals surface area contributed by atoms with E-state index < -0.39 is 62.6 Å². The number of carbonyl (C=O) groups excluding carboxylic acids is 4. The number of aryl methyl sites for hydroxylation is 1. The van der Waals surface area contributed by atoms with Crippen LogP contribution in [0.5, 0.6) is 5.88 Å². The second kappa shape index (κ2) is 17.0. The molecule has 3 saturated carbocycles.